The highest BCUT2D eigenvalue weighted by Gasteiger charge is 3.12. The number of esters is 7. The summed E-state index contributed by atoms with van der Waals surface area (Å²) >= 11 is 0. The van der Waals surface area contributed by atoms with Gasteiger partial charge in [-0.2, -0.15) is 0 Å². The normalized spacial score (nSPS) is 48.0. The minimum Gasteiger partial charge on any atom is -0.472 e. The van der Waals surface area contributed by atoms with Crippen LogP contribution in [0.5, 0.6) is 0 Å². The molecule has 1 spiro atoms. The molecule has 63 heavy (non-hydrogen) atoms. The Hall–Kier alpha value is -4.63. The third-order valence-corrected chi connectivity index (χ3v) is 16.0. The van der Waals surface area contributed by atoms with Gasteiger partial charge in [0.1, 0.15) is 41.2 Å². The number of fused-ring (bicyclic) bond motifs is 3. The molecule has 1 aromatic rings. The molecule has 4 heterocycles. The van der Waals surface area contributed by atoms with Gasteiger partial charge in [-0.25, -0.2) is 9.59 Å². The summed E-state index contributed by atoms with van der Waals surface area (Å²) in [7, 11) is 1.04. The van der Waals surface area contributed by atoms with Gasteiger partial charge in [-0.1, -0.05) is 41.5 Å². The summed E-state index contributed by atoms with van der Waals surface area (Å²) in [6.07, 6.45) is -11.3. The summed E-state index contributed by atoms with van der Waals surface area (Å²) in [5.41, 5.74) is -18.2. The highest BCUT2D eigenvalue weighted by Crippen LogP contribution is 2.96. The summed E-state index contributed by atoms with van der Waals surface area (Å²) in [6, 6.07) is 1.49. The molecule has 1 unspecified atom stereocenters. The van der Waals surface area contributed by atoms with Crippen molar-refractivity contribution < 1.29 is 95.6 Å². The first kappa shape index (κ1) is 43.6. The summed E-state index contributed by atoms with van der Waals surface area (Å²) in [4.78, 5) is 97.5. The highest BCUT2D eigenvalue weighted by atomic mass is 17.0. The van der Waals surface area contributed by atoms with E-state index in [1.54, 1.807) is 0 Å². The number of rotatable bonds is 10. The summed E-state index contributed by atoms with van der Waals surface area (Å²) < 4.78 is 69.0. The lowest BCUT2D eigenvalue weighted by atomic mass is 9.33. The molecule has 3 aliphatic heterocycles. The Morgan fingerprint density at radius 1 is 0.841 bits per heavy atom. The van der Waals surface area contributed by atoms with Crippen LogP contribution in [0.25, 0.3) is 0 Å². The lowest BCUT2D eigenvalue weighted by Gasteiger charge is -2.77. The van der Waals surface area contributed by atoms with E-state index in [1.165, 1.54) is 67.1 Å². The number of methoxy groups -OCH3 is 1. The molecule has 0 radical (unpaired) electrons. The molecular weight excluding hydrogens is 836 g/mol. The van der Waals surface area contributed by atoms with Crippen LogP contribution in [0.3, 0.4) is 0 Å². The van der Waals surface area contributed by atoms with Crippen molar-refractivity contribution in [3.63, 3.8) is 0 Å². The van der Waals surface area contributed by atoms with Crippen molar-refractivity contribution >= 4 is 41.8 Å². The molecule has 0 amide bonds. The van der Waals surface area contributed by atoms with Crippen molar-refractivity contribution in [3.05, 3.63) is 24.2 Å². The largest absolute Gasteiger partial charge is 0.472 e. The number of furan rings is 1. The van der Waals surface area contributed by atoms with Gasteiger partial charge < -0.3 is 62.0 Å². The minimum atomic E-state index is -2.64. The fraction of sp³-hybridized carbons (Fsp3) is 0.744. The van der Waals surface area contributed by atoms with Gasteiger partial charge in [0, 0.05) is 50.0 Å². The predicted molar refractivity (Wildman–Crippen MR) is 200 cm³/mol. The Bertz CT molecular complexity index is 2240. The molecule has 8 aliphatic rings. The number of hydrogen-bond donors (Lipinski definition) is 2. The molecule has 8 fully saturated rings. The topological polar surface area (TPSA) is 265 Å². The van der Waals surface area contributed by atoms with Crippen LogP contribution in [0, 0.1) is 39.4 Å². The fourth-order valence-electron chi connectivity index (χ4n) is 14.5. The summed E-state index contributed by atoms with van der Waals surface area (Å²) in [5, 5.41) is 27.9. The van der Waals surface area contributed by atoms with Crippen molar-refractivity contribution in [1.29, 1.82) is 0 Å². The van der Waals surface area contributed by atoms with Gasteiger partial charge in [0.2, 0.25) is 17.8 Å². The minimum absolute atomic E-state index is 0.235. The molecule has 1 aromatic heterocycles. The van der Waals surface area contributed by atoms with E-state index in [0.29, 0.717) is 0 Å². The Labute approximate surface area is 360 Å². The average molecular weight is 889 g/mol. The van der Waals surface area contributed by atoms with E-state index in [1.807, 2.05) is 0 Å². The number of carbonyl (C=O) groups excluding carboxylic acids is 7. The van der Waals surface area contributed by atoms with Crippen LogP contribution in [-0.2, 0) is 80.9 Å². The monoisotopic (exact) mass is 888 g/mol. The zero-order valence-corrected chi connectivity index (χ0v) is 36.7. The SMILES string of the molecule is COC(=O)[C@H](OC(C)=O)[C@H]1[C@@]2(C)C[C@]3(O)[C@@](OC(=O)C(C)C)([C@H]4OC5(C)O[C@@]6([C@H](O)[C@H](OC(C)=O)[C@]78C[C@]7([C@@H](OC(=O)C(C)C)C(=O)O[C@H]8c7ccoc7)[C@@]46O5)[C@]13C)[C@H]2OC(C)=O. The van der Waals surface area contributed by atoms with Gasteiger partial charge in [-0.3, -0.25) is 24.0 Å². The van der Waals surface area contributed by atoms with Crippen molar-refractivity contribution in [2.75, 3.05) is 7.11 Å². The maximum atomic E-state index is 14.9. The van der Waals surface area contributed by atoms with E-state index in [2.05, 4.69) is 0 Å². The van der Waals surface area contributed by atoms with Gasteiger partial charge >= 0.3 is 41.8 Å². The first-order chi connectivity index (χ1) is 29.2. The molecule has 9 rings (SSSR count). The van der Waals surface area contributed by atoms with Crippen LogP contribution in [0.2, 0.25) is 0 Å². The van der Waals surface area contributed by atoms with E-state index in [4.69, 9.17) is 51.8 Å². The van der Waals surface area contributed by atoms with Crippen LogP contribution in [0.15, 0.2) is 23.0 Å². The van der Waals surface area contributed by atoms with Crippen LogP contribution < -0.4 is 0 Å². The third-order valence-electron chi connectivity index (χ3n) is 16.0. The van der Waals surface area contributed by atoms with Gasteiger partial charge in [0.05, 0.1) is 42.3 Å². The van der Waals surface area contributed by atoms with Crippen LogP contribution in [-0.4, -0.2) is 124 Å². The van der Waals surface area contributed by atoms with E-state index < -0.39 is 159 Å². The number of carbonyl (C=O) groups is 7. The Morgan fingerprint density at radius 3 is 2.03 bits per heavy atom. The van der Waals surface area contributed by atoms with Gasteiger partial charge in [-0.15, -0.1) is 0 Å². The zero-order chi connectivity index (χ0) is 46.2. The van der Waals surface area contributed by atoms with Crippen molar-refractivity contribution in [2.45, 2.75) is 153 Å². The number of aliphatic hydroxyl groups excluding tert-OH is 1. The highest BCUT2D eigenvalue weighted by molar-refractivity contribution is 5.86. The third kappa shape index (κ3) is 4.47. The molecule has 20 heteroatoms. The lowest BCUT2D eigenvalue weighted by molar-refractivity contribution is -0.472. The van der Waals surface area contributed by atoms with Gasteiger partial charge in [0.25, 0.3) is 5.97 Å². The van der Waals surface area contributed by atoms with Crippen LogP contribution in [0.4, 0.5) is 0 Å². The molecule has 3 saturated heterocycles. The summed E-state index contributed by atoms with van der Waals surface area (Å²) in [5.74, 6) is -12.6. The number of ether oxygens (including phenoxy) is 10. The molecule has 5 aliphatic carbocycles. The Balaban J connectivity index is 1.47. The van der Waals surface area contributed by atoms with Crippen LogP contribution in [0.1, 0.15) is 93.7 Å². The fourth-order valence-corrected chi connectivity index (χ4v) is 14.5. The van der Waals surface area contributed by atoms with E-state index >= 15 is 0 Å². The standard InChI is InChI=1S/C43H52O20/c1-17(2)29(48)59-28-32(51)58-26(22-12-13-54-14-22)38-16-39(28,38)43-34-41(60-30(49)18(3)4)33(57-21(7)46)35(8)15-40(41,52)36(9,24(35)23(31(50)53-11)55-19(5)44)42(43,62-37(10,61-34)63-43)25(47)27(38)56-20(6)45/h12-14,17-18,23-28,33-34,47,52H,15-16H2,1-11H3/t23-,24+,25-,26+,27+,28+,33+,34-,35-,36-,37?,38-,39-,40-,41+,42+,43+/m1/s1. The quantitative estimate of drug-likeness (QED) is 0.249. The average Bonchev–Trinajstić information content (AvgIpc) is 3.55. The molecule has 0 aromatic carbocycles. The van der Waals surface area contributed by atoms with Gasteiger partial charge in [0.15, 0.2) is 6.10 Å². The number of cyclic esters (lactones) is 1. The van der Waals surface area contributed by atoms with E-state index in [-0.39, 0.29) is 12.0 Å². The van der Waals surface area contributed by atoms with Crippen molar-refractivity contribution in [3.8, 4) is 0 Å². The lowest BCUT2D eigenvalue weighted by Crippen LogP contribution is -2.97. The molecule has 5 saturated carbocycles. The maximum Gasteiger partial charge on any atom is 0.348 e. The molecule has 4 bridgehead atoms. The molecule has 344 valence electrons. The molecule has 20 nitrogen and oxygen atoms in total. The Kier molecular flexibility index (Phi) is 8.86. The second-order valence-corrected chi connectivity index (χ2v) is 19.7. The smallest absolute Gasteiger partial charge is 0.348 e. The zero-order valence-electron chi connectivity index (χ0n) is 36.7. The van der Waals surface area contributed by atoms with Crippen LogP contribution >= 0.6 is 0 Å². The first-order valence-corrected chi connectivity index (χ1v) is 21.0. The van der Waals surface area contributed by atoms with E-state index in [0.717, 1.165) is 27.9 Å². The summed E-state index contributed by atoms with van der Waals surface area (Å²) in [6.45, 7) is 13.6. The first-order valence-electron chi connectivity index (χ1n) is 21.0. The molecule has 2 N–H and O–H groups in total. The maximum absolute atomic E-state index is 14.9. The van der Waals surface area contributed by atoms with Crippen molar-refractivity contribution in [2.24, 2.45) is 39.4 Å². The molecular formula is C43H52O20. The second-order valence-electron chi connectivity index (χ2n) is 19.7. The number of aliphatic hydroxyl groups is 2. The number of hydrogen-bond acceptors (Lipinski definition) is 20. The van der Waals surface area contributed by atoms with E-state index in [9.17, 15) is 43.8 Å². The van der Waals surface area contributed by atoms with Gasteiger partial charge in [-0.05, 0) is 18.9 Å². The van der Waals surface area contributed by atoms with Crippen molar-refractivity contribution in [1.82, 2.24) is 0 Å². The molecule has 17 atom stereocenters. The predicted octanol–water partition coefficient (Wildman–Crippen LogP) is 1.49. The second kappa shape index (κ2) is 12.8. The Morgan fingerprint density at radius 2 is 1.48 bits per heavy atom.